The summed E-state index contributed by atoms with van der Waals surface area (Å²) in [6.07, 6.45) is -5.51. The third-order valence-corrected chi connectivity index (χ3v) is 3.68. The van der Waals surface area contributed by atoms with Crippen molar-refractivity contribution in [2.45, 2.75) is 12.3 Å². The van der Waals surface area contributed by atoms with Crippen LogP contribution in [0, 0.1) is 0 Å². The fraction of sp³-hybridized carbons (Fsp3) is 0.167. The van der Waals surface area contributed by atoms with Crippen LogP contribution in [0.15, 0.2) is 36.4 Å². The number of halogens is 4. The van der Waals surface area contributed by atoms with Gasteiger partial charge >= 0.3 is 6.18 Å². The van der Waals surface area contributed by atoms with Gasteiger partial charge in [-0.15, -0.1) is 11.3 Å². The maximum Gasteiger partial charge on any atom is 0.416 e. The Kier molecular flexibility index (Phi) is 3.66. The average Bonchev–Trinajstić information content (AvgIpc) is 2.74. The lowest BCUT2D eigenvalue weighted by Gasteiger charge is -2.12. The molecule has 6 heteroatoms. The maximum absolute atomic E-state index is 12.5. The standard InChI is InChI=1S/C12H8ClF3OS/c13-10-5-4-9(18-10)11(17)7-2-1-3-8(6-7)12(14,15)16/h1-6,11,17H. The second-order valence-corrected chi connectivity index (χ2v) is 5.41. The van der Waals surface area contributed by atoms with E-state index in [1.807, 2.05) is 0 Å². The Bertz CT molecular complexity index is 550. The molecule has 1 heterocycles. The second-order valence-electron chi connectivity index (χ2n) is 3.67. The normalized spacial score (nSPS) is 13.6. The first-order valence-electron chi connectivity index (χ1n) is 4.98. The third kappa shape index (κ3) is 2.85. The van der Waals surface area contributed by atoms with Crippen LogP contribution in [0.3, 0.4) is 0 Å². The molecule has 1 atom stereocenters. The Morgan fingerprint density at radius 3 is 2.44 bits per heavy atom. The lowest BCUT2D eigenvalue weighted by molar-refractivity contribution is -0.137. The molecule has 0 spiro atoms. The summed E-state index contributed by atoms with van der Waals surface area (Å²) < 4.78 is 38.1. The van der Waals surface area contributed by atoms with Gasteiger partial charge in [-0.05, 0) is 29.8 Å². The smallest absolute Gasteiger partial charge is 0.383 e. The van der Waals surface area contributed by atoms with Crippen LogP contribution in [0.2, 0.25) is 4.34 Å². The molecule has 0 bridgehead atoms. The van der Waals surface area contributed by atoms with Crippen LogP contribution in [-0.2, 0) is 6.18 Å². The van der Waals surface area contributed by atoms with Crippen LogP contribution in [0.4, 0.5) is 13.2 Å². The minimum Gasteiger partial charge on any atom is -0.383 e. The first kappa shape index (κ1) is 13.4. The molecule has 1 unspecified atom stereocenters. The molecule has 1 nitrogen and oxygen atoms in total. The van der Waals surface area contributed by atoms with Crippen molar-refractivity contribution < 1.29 is 18.3 Å². The minimum absolute atomic E-state index is 0.198. The summed E-state index contributed by atoms with van der Waals surface area (Å²) in [4.78, 5) is 0.513. The van der Waals surface area contributed by atoms with Gasteiger partial charge in [0.2, 0.25) is 0 Å². The number of rotatable bonds is 2. The summed E-state index contributed by atoms with van der Waals surface area (Å²) in [7, 11) is 0. The maximum atomic E-state index is 12.5. The molecule has 1 aromatic carbocycles. The van der Waals surface area contributed by atoms with Crippen molar-refractivity contribution in [1.29, 1.82) is 0 Å². The van der Waals surface area contributed by atoms with Crippen LogP contribution in [0.5, 0.6) is 0 Å². The van der Waals surface area contributed by atoms with Crippen molar-refractivity contribution >= 4 is 22.9 Å². The molecule has 0 aliphatic heterocycles. The highest BCUT2D eigenvalue weighted by Gasteiger charge is 2.31. The highest BCUT2D eigenvalue weighted by Crippen LogP contribution is 2.34. The Morgan fingerprint density at radius 2 is 1.89 bits per heavy atom. The molecule has 18 heavy (non-hydrogen) atoms. The van der Waals surface area contributed by atoms with Gasteiger partial charge in [-0.3, -0.25) is 0 Å². The number of hydrogen-bond acceptors (Lipinski definition) is 2. The van der Waals surface area contributed by atoms with Crippen LogP contribution >= 0.6 is 22.9 Å². The summed E-state index contributed by atoms with van der Waals surface area (Å²) in [5, 5.41) is 9.98. The zero-order valence-electron chi connectivity index (χ0n) is 8.91. The molecule has 0 radical (unpaired) electrons. The second kappa shape index (κ2) is 4.91. The van der Waals surface area contributed by atoms with E-state index in [2.05, 4.69) is 0 Å². The van der Waals surface area contributed by atoms with Gasteiger partial charge in [0.15, 0.2) is 0 Å². The zero-order chi connectivity index (χ0) is 13.3. The Hall–Kier alpha value is -1.04. The van der Waals surface area contributed by atoms with Gasteiger partial charge in [-0.25, -0.2) is 0 Å². The Labute approximate surface area is 110 Å². The summed E-state index contributed by atoms with van der Waals surface area (Å²) in [5.41, 5.74) is -0.579. The van der Waals surface area contributed by atoms with Crippen molar-refractivity contribution in [2.75, 3.05) is 0 Å². The highest BCUT2D eigenvalue weighted by molar-refractivity contribution is 7.16. The van der Waals surface area contributed by atoms with Gasteiger partial charge in [0.1, 0.15) is 6.10 Å². The van der Waals surface area contributed by atoms with E-state index in [9.17, 15) is 18.3 Å². The van der Waals surface area contributed by atoms with E-state index >= 15 is 0 Å². The monoisotopic (exact) mass is 292 g/mol. The first-order valence-corrected chi connectivity index (χ1v) is 6.18. The van der Waals surface area contributed by atoms with Gasteiger partial charge in [0, 0.05) is 4.88 Å². The zero-order valence-corrected chi connectivity index (χ0v) is 10.5. The molecule has 2 aromatic rings. The topological polar surface area (TPSA) is 20.2 Å². The Balaban J connectivity index is 2.34. The molecule has 1 N–H and O–H groups in total. The summed E-state index contributed by atoms with van der Waals surface area (Å²) in [6, 6.07) is 7.83. The molecular weight excluding hydrogens is 285 g/mol. The van der Waals surface area contributed by atoms with E-state index in [0.29, 0.717) is 9.21 Å². The van der Waals surface area contributed by atoms with E-state index in [-0.39, 0.29) is 5.56 Å². The van der Waals surface area contributed by atoms with Gasteiger partial charge < -0.3 is 5.11 Å². The van der Waals surface area contributed by atoms with Crippen molar-refractivity contribution in [1.82, 2.24) is 0 Å². The number of alkyl halides is 3. The lowest BCUT2D eigenvalue weighted by atomic mass is 10.0. The van der Waals surface area contributed by atoms with Crippen molar-refractivity contribution in [2.24, 2.45) is 0 Å². The number of aliphatic hydroxyl groups excluding tert-OH is 1. The predicted molar refractivity (Wildman–Crippen MR) is 64.8 cm³/mol. The van der Waals surface area contributed by atoms with Crippen molar-refractivity contribution in [3.63, 3.8) is 0 Å². The molecule has 0 aliphatic rings. The largest absolute Gasteiger partial charge is 0.416 e. The van der Waals surface area contributed by atoms with Crippen molar-refractivity contribution in [3.05, 3.63) is 56.7 Å². The van der Waals surface area contributed by atoms with E-state index in [1.165, 1.54) is 12.1 Å². The SMILES string of the molecule is OC(c1cccc(C(F)(F)F)c1)c1ccc(Cl)s1. The van der Waals surface area contributed by atoms with E-state index < -0.39 is 17.8 Å². The van der Waals surface area contributed by atoms with Gasteiger partial charge in [0.05, 0.1) is 9.90 Å². The average molecular weight is 293 g/mol. The Morgan fingerprint density at radius 1 is 1.17 bits per heavy atom. The van der Waals surface area contributed by atoms with Gasteiger partial charge in [-0.1, -0.05) is 23.7 Å². The molecule has 0 saturated carbocycles. The molecule has 2 rings (SSSR count). The van der Waals surface area contributed by atoms with E-state index in [0.717, 1.165) is 23.5 Å². The third-order valence-electron chi connectivity index (χ3n) is 2.39. The molecule has 0 fully saturated rings. The molecule has 0 amide bonds. The molecular formula is C12H8ClF3OS. The van der Waals surface area contributed by atoms with Crippen molar-refractivity contribution in [3.8, 4) is 0 Å². The summed E-state index contributed by atoms with van der Waals surface area (Å²) in [6.45, 7) is 0. The number of thiophene rings is 1. The van der Waals surface area contributed by atoms with E-state index in [4.69, 9.17) is 11.6 Å². The molecule has 0 saturated heterocycles. The van der Waals surface area contributed by atoms with Gasteiger partial charge in [0.25, 0.3) is 0 Å². The molecule has 0 aliphatic carbocycles. The molecule has 96 valence electrons. The molecule has 1 aromatic heterocycles. The van der Waals surface area contributed by atoms with E-state index in [1.54, 1.807) is 12.1 Å². The predicted octanol–water partition coefficient (Wildman–Crippen LogP) is 4.50. The number of hydrogen-bond donors (Lipinski definition) is 1. The minimum atomic E-state index is -4.41. The van der Waals surface area contributed by atoms with Crippen LogP contribution in [0.25, 0.3) is 0 Å². The van der Waals surface area contributed by atoms with Crippen LogP contribution in [-0.4, -0.2) is 5.11 Å². The fourth-order valence-electron chi connectivity index (χ4n) is 1.52. The van der Waals surface area contributed by atoms with Crippen LogP contribution in [0.1, 0.15) is 22.1 Å². The lowest BCUT2D eigenvalue weighted by Crippen LogP contribution is -2.06. The van der Waals surface area contributed by atoms with Crippen LogP contribution < -0.4 is 0 Å². The first-order chi connectivity index (χ1) is 8.38. The fourth-order valence-corrected chi connectivity index (χ4v) is 2.60. The quantitative estimate of drug-likeness (QED) is 0.864. The number of aliphatic hydroxyl groups is 1. The summed E-state index contributed by atoms with van der Waals surface area (Å²) >= 11 is 6.86. The van der Waals surface area contributed by atoms with Gasteiger partial charge in [-0.2, -0.15) is 13.2 Å². The highest BCUT2D eigenvalue weighted by atomic mass is 35.5. The number of benzene rings is 1. The summed E-state index contributed by atoms with van der Waals surface area (Å²) in [5.74, 6) is 0.